The van der Waals surface area contributed by atoms with Crippen LogP contribution in [0, 0.1) is 11.3 Å². The maximum Gasteiger partial charge on any atom is 0.213 e. The molecule has 2 heterocycles. The number of methoxy groups -OCH3 is 3. The summed E-state index contributed by atoms with van der Waals surface area (Å²) in [6.07, 6.45) is -1.33. The van der Waals surface area contributed by atoms with Crippen LogP contribution in [0.4, 0.5) is 0 Å². The molecule has 2 aromatic carbocycles. The van der Waals surface area contributed by atoms with E-state index in [9.17, 15) is 13.5 Å². The van der Waals surface area contributed by atoms with Crippen LogP contribution in [-0.2, 0) is 15.6 Å². The van der Waals surface area contributed by atoms with E-state index in [-0.39, 0.29) is 11.6 Å². The molecule has 0 aliphatic carbocycles. The van der Waals surface area contributed by atoms with E-state index < -0.39 is 26.9 Å². The molecule has 0 bridgehead atoms. The Morgan fingerprint density at radius 2 is 1.59 bits per heavy atom. The summed E-state index contributed by atoms with van der Waals surface area (Å²) in [5.41, 5.74) is 1.54. The average molecular weight is 550 g/mol. The summed E-state index contributed by atoms with van der Waals surface area (Å²) in [6.45, 7) is 1.42. The maximum absolute atomic E-state index is 13.6. The highest BCUT2D eigenvalue weighted by molar-refractivity contribution is 7.91. The Bertz CT molecular complexity index is 1590. The van der Waals surface area contributed by atoms with Crippen LogP contribution in [0.15, 0.2) is 60.7 Å². The minimum Gasteiger partial charge on any atom is -0.494 e. The van der Waals surface area contributed by atoms with Crippen molar-refractivity contribution in [3.8, 4) is 40.7 Å². The van der Waals surface area contributed by atoms with Crippen LogP contribution in [0.2, 0.25) is 0 Å². The fraction of sp³-hybridized carbons (Fsp3) is 0.259. The predicted octanol–water partition coefficient (Wildman–Crippen LogP) is 3.26. The van der Waals surface area contributed by atoms with Crippen LogP contribution in [0.5, 0.6) is 17.4 Å². The van der Waals surface area contributed by atoms with Crippen LogP contribution in [0.1, 0.15) is 30.0 Å². The van der Waals surface area contributed by atoms with Gasteiger partial charge in [0, 0.05) is 6.07 Å². The van der Waals surface area contributed by atoms with E-state index in [1.165, 1.54) is 57.1 Å². The van der Waals surface area contributed by atoms with Crippen molar-refractivity contribution in [3.05, 3.63) is 77.6 Å². The Balaban J connectivity index is 1.82. The SMILES string of the molecule is COc1cccc(-c2nnc(CS(=O)(=O)[C@@H](C)[C@H](O)c3ccc(C#N)cc3)n2-c2c(OC)cccc2OC)n1. The number of rotatable bonds is 10. The van der Waals surface area contributed by atoms with Crippen molar-refractivity contribution in [2.24, 2.45) is 0 Å². The third-order valence-corrected chi connectivity index (χ3v) is 8.29. The van der Waals surface area contributed by atoms with Gasteiger partial charge in [-0.15, -0.1) is 10.2 Å². The first-order chi connectivity index (χ1) is 18.7. The van der Waals surface area contributed by atoms with Gasteiger partial charge in [-0.1, -0.05) is 24.3 Å². The minimum absolute atomic E-state index is 0.0660. The largest absolute Gasteiger partial charge is 0.494 e. The lowest BCUT2D eigenvalue weighted by atomic mass is 10.1. The van der Waals surface area contributed by atoms with Crippen molar-refractivity contribution < 1.29 is 27.7 Å². The van der Waals surface area contributed by atoms with Gasteiger partial charge >= 0.3 is 0 Å². The Morgan fingerprint density at radius 3 is 2.18 bits per heavy atom. The molecule has 0 aliphatic rings. The first-order valence-corrected chi connectivity index (χ1v) is 13.5. The van der Waals surface area contributed by atoms with E-state index in [1.54, 1.807) is 36.4 Å². The Labute approximate surface area is 226 Å². The number of para-hydroxylation sites is 1. The van der Waals surface area contributed by atoms with Gasteiger partial charge in [0.25, 0.3) is 0 Å². The summed E-state index contributed by atoms with van der Waals surface area (Å²) in [5.74, 6) is 0.866. The second-order valence-electron chi connectivity index (χ2n) is 8.54. The summed E-state index contributed by atoms with van der Waals surface area (Å²) in [4.78, 5) is 4.45. The molecule has 0 spiro atoms. The molecule has 0 radical (unpaired) electrons. The number of aliphatic hydroxyl groups excluding tert-OH is 1. The zero-order valence-electron chi connectivity index (χ0n) is 21.8. The number of ether oxygens (including phenoxy) is 3. The third-order valence-electron chi connectivity index (χ3n) is 6.24. The van der Waals surface area contributed by atoms with E-state index in [0.717, 1.165) is 0 Å². The molecule has 1 N–H and O–H groups in total. The van der Waals surface area contributed by atoms with Crippen LogP contribution in [0.25, 0.3) is 17.2 Å². The van der Waals surface area contributed by atoms with Gasteiger partial charge < -0.3 is 19.3 Å². The van der Waals surface area contributed by atoms with E-state index >= 15 is 0 Å². The number of hydrogen-bond donors (Lipinski definition) is 1. The first kappa shape index (κ1) is 27.6. The molecule has 0 aliphatic heterocycles. The molecule has 4 aromatic rings. The Hall–Kier alpha value is -4.47. The van der Waals surface area contributed by atoms with Crippen LogP contribution in [0.3, 0.4) is 0 Å². The van der Waals surface area contributed by atoms with Crippen molar-refractivity contribution in [1.82, 2.24) is 19.7 Å². The van der Waals surface area contributed by atoms with E-state index in [2.05, 4.69) is 15.2 Å². The fourth-order valence-corrected chi connectivity index (χ4v) is 5.41. The van der Waals surface area contributed by atoms with Crippen LogP contribution < -0.4 is 14.2 Å². The topological polar surface area (TPSA) is 149 Å². The first-order valence-electron chi connectivity index (χ1n) is 11.8. The van der Waals surface area contributed by atoms with Gasteiger partial charge in [0.1, 0.15) is 28.6 Å². The number of sulfone groups is 1. The van der Waals surface area contributed by atoms with Crippen LogP contribution in [-0.4, -0.2) is 59.9 Å². The van der Waals surface area contributed by atoms with Crippen LogP contribution >= 0.6 is 0 Å². The smallest absolute Gasteiger partial charge is 0.213 e. The minimum atomic E-state index is -3.99. The summed E-state index contributed by atoms with van der Waals surface area (Å²) in [5, 5.41) is 27.2. The number of aromatic nitrogens is 4. The number of hydrogen-bond acceptors (Lipinski definition) is 10. The zero-order valence-corrected chi connectivity index (χ0v) is 22.6. The molecule has 12 heteroatoms. The summed E-state index contributed by atoms with van der Waals surface area (Å²) in [6, 6.07) is 18.4. The molecule has 0 saturated carbocycles. The van der Waals surface area contributed by atoms with E-state index in [0.29, 0.717) is 39.9 Å². The number of benzene rings is 2. The van der Waals surface area contributed by atoms with Crippen molar-refractivity contribution in [1.29, 1.82) is 5.26 Å². The lowest BCUT2D eigenvalue weighted by Crippen LogP contribution is -2.28. The van der Waals surface area contributed by atoms with Gasteiger partial charge in [-0.2, -0.15) is 5.26 Å². The normalized spacial score (nSPS) is 12.8. The molecule has 39 heavy (non-hydrogen) atoms. The van der Waals surface area contributed by atoms with Crippen molar-refractivity contribution in [3.63, 3.8) is 0 Å². The lowest BCUT2D eigenvalue weighted by Gasteiger charge is -2.21. The van der Waals surface area contributed by atoms with Crippen molar-refractivity contribution in [2.75, 3.05) is 21.3 Å². The van der Waals surface area contributed by atoms with Crippen molar-refractivity contribution in [2.45, 2.75) is 24.0 Å². The number of pyridine rings is 1. The Kier molecular flexibility index (Phi) is 8.13. The van der Waals surface area contributed by atoms with Gasteiger partial charge in [-0.3, -0.25) is 4.57 Å². The van der Waals surface area contributed by atoms with Gasteiger partial charge in [0.05, 0.1) is 44.3 Å². The van der Waals surface area contributed by atoms with Gasteiger partial charge in [-0.05, 0) is 42.8 Å². The molecular formula is C27H27N5O6S. The second kappa shape index (κ2) is 11.5. The molecule has 202 valence electrons. The average Bonchev–Trinajstić information content (AvgIpc) is 3.37. The monoisotopic (exact) mass is 549 g/mol. The van der Waals surface area contributed by atoms with Crippen molar-refractivity contribution >= 4 is 9.84 Å². The van der Waals surface area contributed by atoms with Gasteiger partial charge in [0.2, 0.25) is 5.88 Å². The van der Waals surface area contributed by atoms with Gasteiger partial charge in [-0.25, -0.2) is 13.4 Å². The lowest BCUT2D eigenvalue weighted by molar-refractivity contribution is 0.176. The summed E-state index contributed by atoms with van der Waals surface area (Å²) < 4.78 is 45.1. The summed E-state index contributed by atoms with van der Waals surface area (Å²) in [7, 11) is 0.461. The quantitative estimate of drug-likeness (QED) is 0.312. The molecule has 0 amide bonds. The number of aliphatic hydroxyl groups is 1. The molecule has 11 nitrogen and oxygen atoms in total. The Morgan fingerprint density at radius 1 is 0.949 bits per heavy atom. The third kappa shape index (κ3) is 5.55. The predicted molar refractivity (Wildman–Crippen MR) is 142 cm³/mol. The zero-order chi connectivity index (χ0) is 28.2. The number of nitrogens with zero attached hydrogens (tertiary/aromatic N) is 5. The molecular weight excluding hydrogens is 522 g/mol. The molecule has 0 unspecified atom stereocenters. The fourth-order valence-electron chi connectivity index (χ4n) is 4.05. The molecule has 0 fully saturated rings. The standard InChI is InChI=1S/C27H27N5O6S/c1-17(26(33)19-13-11-18(15-28)12-14-19)39(34,35)16-23-30-31-27(20-7-5-10-24(29-20)38-4)32(23)25-21(36-2)8-6-9-22(25)37-3/h5-14,17,26,33H,16H2,1-4H3/t17-,26-/m0/s1. The summed E-state index contributed by atoms with van der Waals surface area (Å²) >= 11 is 0. The molecule has 4 rings (SSSR count). The van der Waals surface area contributed by atoms with Gasteiger partial charge in [0.15, 0.2) is 21.5 Å². The molecule has 0 saturated heterocycles. The second-order valence-corrected chi connectivity index (χ2v) is 10.9. The highest BCUT2D eigenvalue weighted by atomic mass is 32.2. The highest BCUT2D eigenvalue weighted by Gasteiger charge is 2.33. The molecule has 2 atom stereocenters. The molecule has 2 aromatic heterocycles. The maximum atomic E-state index is 13.6. The van der Waals surface area contributed by atoms with E-state index in [4.69, 9.17) is 19.5 Å². The highest BCUT2D eigenvalue weighted by Crippen LogP contribution is 2.37. The number of nitriles is 1. The van der Waals surface area contributed by atoms with E-state index in [1.807, 2.05) is 6.07 Å².